The van der Waals surface area contributed by atoms with Crippen molar-refractivity contribution in [3.63, 3.8) is 0 Å². The second-order valence-corrected chi connectivity index (χ2v) is 6.84. The van der Waals surface area contributed by atoms with Crippen LogP contribution in [0.3, 0.4) is 0 Å². The predicted molar refractivity (Wildman–Crippen MR) is 96.4 cm³/mol. The molecule has 0 aliphatic carbocycles. The highest BCUT2D eigenvalue weighted by Gasteiger charge is 2.28. The van der Waals surface area contributed by atoms with Crippen LogP contribution < -0.4 is 16.4 Å². The minimum atomic E-state index is -1.16. The van der Waals surface area contributed by atoms with Crippen molar-refractivity contribution in [2.24, 2.45) is 5.73 Å². The number of nitrogens with two attached hydrogens (primary N) is 1. The standard InChI is InChI=1S/C18H27N3O5/c1-18(2,3)26-11-14(20-15(22)10-19)16(23)21-13(17(24)25)9-12-7-5-4-6-8-12/h4-8,13-14H,9-11,19H2,1-3H3,(H,20,22)(H,21,23)(H,24,25)/t13-,14-/m0/s1. The third kappa shape index (κ3) is 8.09. The van der Waals surface area contributed by atoms with Gasteiger partial charge in [-0.1, -0.05) is 30.3 Å². The van der Waals surface area contributed by atoms with Crippen LogP contribution in [0.2, 0.25) is 0 Å². The van der Waals surface area contributed by atoms with Crippen molar-refractivity contribution in [3.8, 4) is 0 Å². The molecular weight excluding hydrogens is 338 g/mol. The quantitative estimate of drug-likeness (QED) is 0.489. The molecule has 1 aromatic carbocycles. The molecule has 0 bridgehead atoms. The Morgan fingerprint density at radius 3 is 2.23 bits per heavy atom. The van der Waals surface area contributed by atoms with Gasteiger partial charge in [-0.05, 0) is 26.3 Å². The Morgan fingerprint density at radius 1 is 1.12 bits per heavy atom. The number of carboxylic acids is 1. The van der Waals surface area contributed by atoms with Gasteiger partial charge in [0.15, 0.2) is 0 Å². The molecule has 5 N–H and O–H groups in total. The average molecular weight is 365 g/mol. The van der Waals surface area contributed by atoms with E-state index in [1.807, 2.05) is 26.8 Å². The molecule has 2 atom stereocenters. The highest BCUT2D eigenvalue weighted by molar-refractivity contribution is 5.91. The molecule has 0 radical (unpaired) electrons. The van der Waals surface area contributed by atoms with Gasteiger partial charge in [0, 0.05) is 6.42 Å². The molecule has 1 rings (SSSR count). The van der Waals surface area contributed by atoms with Crippen LogP contribution in [-0.4, -0.2) is 53.7 Å². The largest absolute Gasteiger partial charge is 0.480 e. The van der Waals surface area contributed by atoms with Crippen molar-refractivity contribution < 1.29 is 24.2 Å². The molecule has 144 valence electrons. The Hall–Kier alpha value is -2.45. The Labute approximate surface area is 153 Å². The van der Waals surface area contributed by atoms with E-state index in [1.165, 1.54) is 0 Å². The fourth-order valence-electron chi connectivity index (χ4n) is 2.09. The molecule has 0 heterocycles. The molecule has 0 fully saturated rings. The number of rotatable bonds is 9. The van der Waals surface area contributed by atoms with Gasteiger partial charge in [-0.15, -0.1) is 0 Å². The highest BCUT2D eigenvalue weighted by Crippen LogP contribution is 2.08. The number of amides is 2. The summed E-state index contributed by atoms with van der Waals surface area (Å²) in [6.45, 7) is 5.04. The summed E-state index contributed by atoms with van der Waals surface area (Å²) in [4.78, 5) is 35.6. The number of carboxylic acid groups (broad SMARTS) is 1. The first-order valence-corrected chi connectivity index (χ1v) is 8.33. The SMILES string of the molecule is CC(C)(C)OC[C@H](NC(=O)CN)C(=O)N[C@@H](Cc1ccccc1)C(=O)O. The van der Waals surface area contributed by atoms with Crippen LogP contribution in [0.4, 0.5) is 0 Å². The van der Waals surface area contributed by atoms with Gasteiger partial charge < -0.3 is 26.2 Å². The fraction of sp³-hybridized carbons (Fsp3) is 0.500. The van der Waals surface area contributed by atoms with Crippen LogP contribution >= 0.6 is 0 Å². The zero-order chi connectivity index (χ0) is 19.7. The van der Waals surface area contributed by atoms with Crippen LogP contribution in [0.5, 0.6) is 0 Å². The topological polar surface area (TPSA) is 131 Å². The zero-order valence-corrected chi connectivity index (χ0v) is 15.3. The molecule has 26 heavy (non-hydrogen) atoms. The van der Waals surface area contributed by atoms with Crippen LogP contribution in [0.25, 0.3) is 0 Å². The number of benzene rings is 1. The first-order chi connectivity index (χ1) is 12.1. The van der Waals surface area contributed by atoms with E-state index in [9.17, 15) is 19.5 Å². The van der Waals surface area contributed by atoms with Crippen molar-refractivity contribution in [3.05, 3.63) is 35.9 Å². The number of carbonyl (C=O) groups excluding carboxylic acids is 2. The summed E-state index contributed by atoms with van der Waals surface area (Å²) < 4.78 is 5.55. The van der Waals surface area contributed by atoms with Gasteiger partial charge >= 0.3 is 5.97 Å². The molecule has 2 amide bonds. The lowest BCUT2D eigenvalue weighted by Gasteiger charge is -2.25. The van der Waals surface area contributed by atoms with E-state index in [1.54, 1.807) is 24.3 Å². The normalized spacial score (nSPS) is 13.5. The van der Waals surface area contributed by atoms with Gasteiger partial charge in [0.2, 0.25) is 11.8 Å². The Morgan fingerprint density at radius 2 is 1.73 bits per heavy atom. The number of ether oxygens (including phenoxy) is 1. The molecule has 0 aliphatic rings. The van der Waals surface area contributed by atoms with Gasteiger partial charge in [-0.2, -0.15) is 0 Å². The van der Waals surface area contributed by atoms with E-state index < -0.39 is 35.5 Å². The molecular formula is C18H27N3O5. The van der Waals surface area contributed by atoms with Crippen LogP contribution in [0, 0.1) is 0 Å². The van der Waals surface area contributed by atoms with Crippen molar-refractivity contribution in [1.29, 1.82) is 0 Å². The molecule has 0 unspecified atom stereocenters. The lowest BCUT2D eigenvalue weighted by atomic mass is 10.1. The van der Waals surface area contributed by atoms with Crippen LogP contribution in [-0.2, 0) is 25.5 Å². The van der Waals surface area contributed by atoms with E-state index in [-0.39, 0.29) is 19.6 Å². The maximum Gasteiger partial charge on any atom is 0.326 e. The summed E-state index contributed by atoms with van der Waals surface area (Å²) in [5.74, 6) is -2.33. The summed E-state index contributed by atoms with van der Waals surface area (Å²) in [6.07, 6.45) is 0.125. The smallest absolute Gasteiger partial charge is 0.326 e. The van der Waals surface area contributed by atoms with E-state index in [2.05, 4.69) is 10.6 Å². The number of carbonyl (C=O) groups is 3. The predicted octanol–water partition coefficient (Wildman–Crippen LogP) is 0.0571. The Balaban J connectivity index is 2.82. The first kappa shape index (κ1) is 21.6. The fourth-order valence-corrected chi connectivity index (χ4v) is 2.09. The third-order valence-corrected chi connectivity index (χ3v) is 3.42. The van der Waals surface area contributed by atoms with Gasteiger partial charge in [0.1, 0.15) is 12.1 Å². The number of aliphatic carboxylic acids is 1. The number of hydrogen-bond donors (Lipinski definition) is 4. The summed E-state index contributed by atoms with van der Waals surface area (Å²) in [5, 5.41) is 14.3. The monoisotopic (exact) mass is 365 g/mol. The lowest BCUT2D eigenvalue weighted by Crippen LogP contribution is -2.55. The lowest BCUT2D eigenvalue weighted by molar-refractivity contribution is -0.143. The summed E-state index contributed by atoms with van der Waals surface area (Å²) in [5.41, 5.74) is 5.52. The van der Waals surface area contributed by atoms with Gasteiger partial charge in [-0.3, -0.25) is 9.59 Å². The van der Waals surface area contributed by atoms with Crippen LogP contribution in [0.1, 0.15) is 26.3 Å². The summed E-state index contributed by atoms with van der Waals surface area (Å²) in [7, 11) is 0. The molecule has 1 aromatic rings. The van der Waals surface area contributed by atoms with Crippen molar-refractivity contribution in [2.45, 2.75) is 44.9 Å². The first-order valence-electron chi connectivity index (χ1n) is 8.33. The molecule has 0 spiro atoms. The second kappa shape index (κ2) is 9.88. The molecule has 0 saturated carbocycles. The second-order valence-electron chi connectivity index (χ2n) is 6.84. The van der Waals surface area contributed by atoms with E-state index >= 15 is 0 Å². The minimum Gasteiger partial charge on any atom is -0.480 e. The molecule has 8 heteroatoms. The van der Waals surface area contributed by atoms with Crippen LogP contribution in [0.15, 0.2) is 30.3 Å². The van der Waals surface area contributed by atoms with Gasteiger partial charge in [-0.25, -0.2) is 4.79 Å². The van der Waals surface area contributed by atoms with Gasteiger partial charge in [0.05, 0.1) is 18.8 Å². The van der Waals surface area contributed by atoms with Crippen molar-refractivity contribution >= 4 is 17.8 Å². The van der Waals surface area contributed by atoms with Gasteiger partial charge in [0.25, 0.3) is 0 Å². The highest BCUT2D eigenvalue weighted by atomic mass is 16.5. The van der Waals surface area contributed by atoms with Crippen molar-refractivity contribution in [2.75, 3.05) is 13.2 Å². The molecule has 8 nitrogen and oxygen atoms in total. The number of nitrogens with one attached hydrogen (secondary N) is 2. The molecule has 0 aliphatic heterocycles. The summed E-state index contributed by atoms with van der Waals surface area (Å²) >= 11 is 0. The van der Waals surface area contributed by atoms with E-state index in [0.29, 0.717) is 0 Å². The van der Waals surface area contributed by atoms with E-state index in [0.717, 1.165) is 5.56 Å². The van der Waals surface area contributed by atoms with E-state index in [4.69, 9.17) is 10.5 Å². The minimum absolute atomic E-state index is 0.0985. The Kier molecular flexibility index (Phi) is 8.21. The molecule has 0 aromatic heterocycles. The Bertz CT molecular complexity index is 613. The summed E-state index contributed by atoms with van der Waals surface area (Å²) in [6, 6.07) is 6.78. The number of hydrogen-bond acceptors (Lipinski definition) is 5. The average Bonchev–Trinajstić information content (AvgIpc) is 2.57. The maximum absolute atomic E-state index is 12.5. The molecule has 0 saturated heterocycles. The maximum atomic E-state index is 12.5. The third-order valence-electron chi connectivity index (χ3n) is 3.42. The zero-order valence-electron chi connectivity index (χ0n) is 15.3. The van der Waals surface area contributed by atoms with Crippen molar-refractivity contribution in [1.82, 2.24) is 10.6 Å².